The number of aromatic hydroxyl groups is 1. The molecule has 1 amide bonds. The molecule has 1 saturated heterocycles. The van der Waals surface area contributed by atoms with E-state index in [0.717, 1.165) is 30.6 Å². The SMILES string of the molecule is CC(C)(CCC(C(N)=O)(c1ccccc1)c1ccccc1)N1CC(Oc2cccc(O)c2)C1.Cl. The standard InChI is InChI=1S/C28H32N2O3.ClH/c1-27(2,30-19-25(20-30)33-24-15-9-14-23(31)18-24)16-17-28(26(29)32,21-10-5-3-6-11-21)22-12-7-4-8-13-22;/h3-15,18,25,31H,16-17,19-20H2,1-2H3,(H2,29,32);1H. The zero-order valence-corrected chi connectivity index (χ0v) is 20.5. The fourth-order valence-electron chi connectivity index (χ4n) is 4.72. The number of nitrogens with two attached hydrogens (primary N) is 1. The lowest BCUT2D eigenvalue weighted by molar-refractivity contribution is -0.122. The number of carbonyl (C=O) groups excluding carboxylic acids is 1. The molecule has 0 atom stereocenters. The van der Waals surface area contributed by atoms with Crippen molar-refractivity contribution in [3.63, 3.8) is 0 Å². The Morgan fingerprint density at radius 2 is 1.50 bits per heavy atom. The van der Waals surface area contributed by atoms with Gasteiger partial charge < -0.3 is 15.6 Å². The van der Waals surface area contributed by atoms with Gasteiger partial charge in [0, 0.05) is 24.7 Å². The van der Waals surface area contributed by atoms with E-state index in [-0.39, 0.29) is 35.7 Å². The maximum Gasteiger partial charge on any atom is 0.232 e. The number of hydrogen-bond donors (Lipinski definition) is 2. The molecule has 0 unspecified atom stereocenters. The summed E-state index contributed by atoms with van der Waals surface area (Å²) in [6.45, 7) is 6.00. The number of amides is 1. The van der Waals surface area contributed by atoms with Crippen LogP contribution < -0.4 is 10.5 Å². The van der Waals surface area contributed by atoms with E-state index < -0.39 is 5.41 Å². The van der Waals surface area contributed by atoms with Crippen LogP contribution in [-0.2, 0) is 10.2 Å². The summed E-state index contributed by atoms with van der Waals surface area (Å²) in [6, 6.07) is 26.6. The number of phenols is 1. The summed E-state index contributed by atoms with van der Waals surface area (Å²) in [5, 5.41) is 9.65. The third kappa shape index (κ3) is 5.21. The van der Waals surface area contributed by atoms with Gasteiger partial charge in [-0.1, -0.05) is 66.7 Å². The predicted octanol–water partition coefficient (Wildman–Crippen LogP) is 4.91. The molecule has 4 rings (SSSR count). The first-order chi connectivity index (χ1) is 15.8. The molecular weight excluding hydrogens is 448 g/mol. The number of ether oxygens (including phenoxy) is 1. The molecule has 34 heavy (non-hydrogen) atoms. The van der Waals surface area contributed by atoms with Crippen LogP contribution in [0.5, 0.6) is 11.5 Å². The molecule has 5 nitrogen and oxygen atoms in total. The van der Waals surface area contributed by atoms with Crippen LogP contribution in [0, 0.1) is 0 Å². The fraction of sp³-hybridized carbons (Fsp3) is 0.321. The van der Waals surface area contributed by atoms with Crippen LogP contribution in [0.1, 0.15) is 37.8 Å². The molecule has 1 heterocycles. The quantitative estimate of drug-likeness (QED) is 0.456. The van der Waals surface area contributed by atoms with Crippen molar-refractivity contribution in [1.82, 2.24) is 4.90 Å². The van der Waals surface area contributed by atoms with Crippen molar-refractivity contribution in [1.29, 1.82) is 0 Å². The number of likely N-dealkylation sites (tertiary alicyclic amines) is 1. The first-order valence-corrected chi connectivity index (χ1v) is 11.4. The molecule has 0 radical (unpaired) electrons. The van der Waals surface area contributed by atoms with Crippen molar-refractivity contribution >= 4 is 18.3 Å². The molecule has 6 heteroatoms. The lowest BCUT2D eigenvalue weighted by atomic mass is 9.69. The minimum absolute atomic E-state index is 0. The van der Waals surface area contributed by atoms with E-state index in [2.05, 4.69) is 18.7 Å². The minimum Gasteiger partial charge on any atom is -0.508 e. The molecule has 1 aliphatic heterocycles. The summed E-state index contributed by atoms with van der Waals surface area (Å²) in [5.41, 5.74) is 6.94. The van der Waals surface area contributed by atoms with Gasteiger partial charge in [0.2, 0.25) is 5.91 Å². The second-order valence-electron chi connectivity index (χ2n) is 9.46. The second kappa shape index (κ2) is 10.5. The van der Waals surface area contributed by atoms with Gasteiger partial charge in [-0.05, 0) is 49.9 Å². The van der Waals surface area contributed by atoms with Crippen LogP contribution in [-0.4, -0.2) is 40.6 Å². The third-order valence-electron chi connectivity index (χ3n) is 6.89. The van der Waals surface area contributed by atoms with Crippen LogP contribution in [0.15, 0.2) is 84.9 Å². The highest BCUT2D eigenvalue weighted by Crippen LogP contribution is 2.40. The highest BCUT2D eigenvalue weighted by molar-refractivity contribution is 5.90. The van der Waals surface area contributed by atoms with Gasteiger partial charge in [-0.15, -0.1) is 12.4 Å². The van der Waals surface area contributed by atoms with Gasteiger partial charge in [0.15, 0.2) is 0 Å². The summed E-state index contributed by atoms with van der Waals surface area (Å²) < 4.78 is 6.00. The van der Waals surface area contributed by atoms with E-state index in [9.17, 15) is 9.90 Å². The molecule has 3 N–H and O–H groups in total. The summed E-state index contributed by atoms with van der Waals surface area (Å²) in [4.78, 5) is 15.4. The average molecular weight is 481 g/mol. The maximum absolute atomic E-state index is 13.0. The Morgan fingerprint density at radius 1 is 0.941 bits per heavy atom. The van der Waals surface area contributed by atoms with Crippen LogP contribution >= 0.6 is 12.4 Å². The van der Waals surface area contributed by atoms with Crippen molar-refractivity contribution in [2.75, 3.05) is 13.1 Å². The summed E-state index contributed by atoms with van der Waals surface area (Å²) >= 11 is 0. The Hall–Kier alpha value is -3.02. The predicted molar refractivity (Wildman–Crippen MR) is 138 cm³/mol. The molecule has 180 valence electrons. The molecule has 1 aliphatic rings. The number of halogens is 1. The van der Waals surface area contributed by atoms with Crippen LogP contribution in [0.4, 0.5) is 0 Å². The zero-order valence-electron chi connectivity index (χ0n) is 19.7. The van der Waals surface area contributed by atoms with Crippen molar-refractivity contribution in [2.24, 2.45) is 5.73 Å². The number of benzene rings is 3. The minimum atomic E-state index is -0.887. The molecule has 0 saturated carbocycles. The Balaban J connectivity index is 0.00000324. The summed E-state index contributed by atoms with van der Waals surface area (Å²) in [5.74, 6) is 0.552. The molecule has 0 bridgehead atoms. The monoisotopic (exact) mass is 480 g/mol. The molecule has 1 fully saturated rings. The van der Waals surface area contributed by atoms with Crippen molar-refractivity contribution < 1.29 is 14.6 Å². The Morgan fingerprint density at radius 3 is 2.00 bits per heavy atom. The van der Waals surface area contributed by atoms with Gasteiger partial charge >= 0.3 is 0 Å². The molecular formula is C28H33ClN2O3. The zero-order chi connectivity index (χ0) is 23.5. The maximum atomic E-state index is 13.0. The van der Waals surface area contributed by atoms with E-state index in [1.807, 2.05) is 66.7 Å². The van der Waals surface area contributed by atoms with E-state index in [1.165, 1.54) is 0 Å². The smallest absolute Gasteiger partial charge is 0.232 e. The van der Waals surface area contributed by atoms with Gasteiger partial charge in [-0.2, -0.15) is 0 Å². The van der Waals surface area contributed by atoms with Gasteiger partial charge in [-0.25, -0.2) is 0 Å². The van der Waals surface area contributed by atoms with Crippen molar-refractivity contribution in [2.45, 2.75) is 43.7 Å². The molecule has 3 aromatic rings. The number of rotatable bonds is 9. The Bertz CT molecular complexity index is 1040. The third-order valence-corrected chi connectivity index (χ3v) is 6.89. The normalized spacial score (nSPS) is 14.6. The highest BCUT2D eigenvalue weighted by atomic mass is 35.5. The van der Waals surface area contributed by atoms with Gasteiger partial charge in [0.1, 0.15) is 17.6 Å². The lowest BCUT2D eigenvalue weighted by Gasteiger charge is -2.49. The van der Waals surface area contributed by atoms with Crippen molar-refractivity contribution in [3.8, 4) is 11.5 Å². The topological polar surface area (TPSA) is 75.8 Å². The second-order valence-corrected chi connectivity index (χ2v) is 9.46. The van der Waals surface area contributed by atoms with E-state index in [1.54, 1.807) is 18.2 Å². The highest BCUT2D eigenvalue weighted by Gasteiger charge is 2.44. The first kappa shape index (κ1) is 25.6. The number of carbonyl (C=O) groups is 1. The van der Waals surface area contributed by atoms with Gasteiger partial charge in [0.25, 0.3) is 0 Å². The number of hydrogen-bond acceptors (Lipinski definition) is 4. The average Bonchev–Trinajstić information content (AvgIpc) is 2.77. The summed E-state index contributed by atoms with van der Waals surface area (Å²) in [6.07, 6.45) is 1.48. The molecule has 0 aliphatic carbocycles. The van der Waals surface area contributed by atoms with Crippen molar-refractivity contribution in [3.05, 3.63) is 96.1 Å². The fourth-order valence-corrected chi connectivity index (χ4v) is 4.72. The molecule has 0 spiro atoms. The van der Waals surface area contributed by atoms with E-state index in [4.69, 9.17) is 10.5 Å². The van der Waals surface area contributed by atoms with E-state index >= 15 is 0 Å². The number of nitrogens with zero attached hydrogens (tertiary/aromatic N) is 1. The number of phenolic OH excluding ortho intramolecular Hbond substituents is 1. The molecule has 3 aromatic carbocycles. The largest absolute Gasteiger partial charge is 0.508 e. The Labute approximate surface area is 208 Å². The lowest BCUT2D eigenvalue weighted by Crippen LogP contribution is -2.62. The van der Waals surface area contributed by atoms with Gasteiger partial charge in [0.05, 0.1) is 5.41 Å². The van der Waals surface area contributed by atoms with Gasteiger partial charge in [-0.3, -0.25) is 9.69 Å². The first-order valence-electron chi connectivity index (χ1n) is 11.4. The summed E-state index contributed by atoms with van der Waals surface area (Å²) in [7, 11) is 0. The number of primary amides is 1. The Kier molecular flexibility index (Phi) is 7.90. The van der Waals surface area contributed by atoms with E-state index in [0.29, 0.717) is 12.2 Å². The molecule has 0 aromatic heterocycles. The van der Waals surface area contributed by atoms with Crippen LogP contribution in [0.25, 0.3) is 0 Å². The van der Waals surface area contributed by atoms with Crippen LogP contribution in [0.2, 0.25) is 0 Å². The van der Waals surface area contributed by atoms with Crippen LogP contribution in [0.3, 0.4) is 0 Å².